The summed E-state index contributed by atoms with van der Waals surface area (Å²) >= 11 is 0. The minimum Gasteiger partial charge on any atom is -0.490 e. The molecule has 2 aromatic heterocycles. The predicted octanol–water partition coefficient (Wildman–Crippen LogP) is 8.09. The number of benzene rings is 3. The van der Waals surface area contributed by atoms with Gasteiger partial charge >= 0.3 is 6.18 Å². The van der Waals surface area contributed by atoms with Gasteiger partial charge in [-0.2, -0.15) is 17.6 Å². The van der Waals surface area contributed by atoms with E-state index in [0.717, 1.165) is 24.8 Å². The van der Waals surface area contributed by atoms with Gasteiger partial charge in [0.1, 0.15) is 29.7 Å². The summed E-state index contributed by atoms with van der Waals surface area (Å²) in [7, 11) is 4.87. The van der Waals surface area contributed by atoms with E-state index in [-0.39, 0.29) is 23.6 Å². The third-order valence-electron chi connectivity index (χ3n) is 6.86. The van der Waals surface area contributed by atoms with Crippen LogP contribution in [0.2, 0.25) is 0 Å². The second-order valence-electron chi connectivity index (χ2n) is 10.4. The van der Waals surface area contributed by atoms with Gasteiger partial charge in [0.2, 0.25) is 11.6 Å². The van der Waals surface area contributed by atoms with Crippen LogP contribution >= 0.6 is 0 Å². The van der Waals surface area contributed by atoms with Crippen LogP contribution in [0.3, 0.4) is 0 Å². The minimum absolute atomic E-state index is 0.0230. The van der Waals surface area contributed by atoms with Crippen molar-refractivity contribution in [3.8, 4) is 34.3 Å². The maximum absolute atomic E-state index is 15.1. The van der Waals surface area contributed by atoms with Crippen LogP contribution in [0, 0.1) is 17.5 Å². The lowest BCUT2D eigenvalue weighted by Crippen LogP contribution is -2.21. The summed E-state index contributed by atoms with van der Waals surface area (Å²) < 4.78 is 102. The van der Waals surface area contributed by atoms with Crippen LogP contribution in [0.1, 0.15) is 11.1 Å². The lowest BCUT2D eigenvalue weighted by Gasteiger charge is -2.19. The molecule has 0 spiro atoms. The molecule has 240 valence electrons. The normalized spacial score (nSPS) is 11.6. The maximum Gasteiger partial charge on any atom is 0.419 e. The van der Waals surface area contributed by atoms with Crippen molar-refractivity contribution < 1.29 is 40.6 Å². The van der Waals surface area contributed by atoms with Gasteiger partial charge in [0, 0.05) is 30.9 Å². The molecule has 5 aromatic rings. The van der Waals surface area contributed by atoms with Crippen LogP contribution in [0.4, 0.5) is 32.2 Å². The summed E-state index contributed by atoms with van der Waals surface area (Å²) in [6.07, 6.45) is -3.60. The van der Waals surface area contributed by atoms with Gasteiger partial charge in [-0.1, -0.05) is 30.3 Å². The molecule has 3 aromatic carbocycles. The summed E-state index contributed by atoms with van der Waals surface area (Å²) in [5.41, 5.74) is -0.715. The van der Waals surface area contributed by atoms with Crippen molar-refractivity contribution >= 4 is 16.7 Å². The summed E-state index contributed by atoms with van der Waals surface area (Å²) in [4.78, 5) is 11.0. The predicted molar refractivity (Wildman–Crippen MR) is 161 cm³/mol. The lowest BCUT2D eigenvalue weighted by molar-refractivity contribution is -0.140. The number of hydrogen-bond donors (Lipinski definition) is 1. The molecule has 5 rings (SSSR count). The van der Waals surface area contributed by atoms with E-state index < -0.39 is 46.4 Å². The number of hydrogen-bond acceptors (Lipinski definition) is 7. The van der Waals surface area contributed by atoms with Crippen molar-refractivity contribution in [2.75, 3.05) is 39.6 Å². The summed E-state index contributed by atoms with van der Waals surface area (Å²) in [6.45, 7) is 1.32. The number of rotatable bonds is 11. The van der Waals surface area contributed by atoms with Crippen LogP contribution in [0.15, 0.2) is 72.9 Å². The highest BCUT2D eigenvalue weighted by molar-refractivity contribution is 5.96. The van der Waals surface area contributed by atoms with Crippen LogP contribution < -0.4 is 19.5 Å². The zero-order valence-electron chi connectivity index (χ0n) is 24.9. The van der Waals surface area contributed by atoms with Gasteiger partial charge in [0.05, 0.1) is 29.3 Å². The molecule has 0 aliphatic heterocycles. The van der Waals surface area contributed by atoms with Gasteiger partial charge in [0.15, 0.2) is 11.6 Å². The number of ether oxygens (including phenoxy) is 3. The topological polar surface area (TPSA) is 68.7 Å². The highest BCUT2D eigenvalue weighted by atomic mass is 19.4. The van der Waals surface area contributed by atoms with Crippen LogP contribution in [0.25, 0.3) is 22.2 Å². The number of alkyl halides is 3. The second-order valence-corrected chi connectivity index (χ2v) is 10.4. The molecular weight excluding hydrogens is 614 g/mol. The number of halogens is 6. The average molecular weight is 643 g/mol. The van der Waals surface area contributed by atoms with Crippen LogP contribution in [0.5, 0.6) is 23.0 Å². The summed E-state index contributed by atoms with van der Waals surface area (Å²) in [6, 6.07) is 15.0. The molecular formula is C33H28F6N4O3. The van der Waals surface area contributed by atoms with E-state index in [9.17, 15) is 22.0 Å². The van der Waals surface area contributed by atoms with Gasteiger partial charge in [-0.15, -0.1) is 0 Å². The van der Waals surface area contributed by atoms with Gasteiger partial charge in [-0.05, 0) is 50.0 Å². The fourth-order valence-corrected chi connectivity index (χ4v) is 4.62. The monoisotopic (exact) mass is 642 g/mol. The Labute approximate surface area is 260 Å². The highest BCUT2D eigenvalue weighted by Gasteiger charge is 2.36. The first kappa shape index (κ1) is 32.4. The molecule has 2 heterocycles. The molecule has 0 unspecified atom stereocenters. The number of nitrogens with one attached hydrogen (secondary N) is 1. The van der Waals surface area contributed by atoms with Gasteiger partial charge in [-0.3, -0.25) is 0 Å². The molecule has 0 saturated heterocycles. The smallest absolute Gasteiger partial charge is 0.419 e. The Morgan fingerprint density at radius 2 is 1.63 bits per heavy atom. The largest absolute Gasteiger partial charge is 0.490 e. The Kier molecular flexibility index (Phi) is 9.52. The van der Waals surface area contributed by atoms with Gasteiger partial charge < -0.3 is 24.4 Å². The summed E-state index contributed by atoms with van der Waals surface area (Å²) in [5, 5.41) is 3.74. The maximum atomic E-state index is 15.1. The molecule has 46 heavy (non-hydrogen) atoms. The third kappa shape index (κ3) is 7.09. The van der Waals surface area contributed by atoms with E-state index in [4.69, 9.17) is 14.2 Å². The molecule has 0 aliphatic carbocycles. The molecule has 7 nitrogen and oxygen atoms in total. The number of anilines is 1. The van der Waals surface area contributed by atoms with Crippen LogP contribution in [-0.4, -0.2) is 49.2 Å². The molecule has 0 amide bonds. The number of likely N-dealkylation sites (N-methyl/N-ethyl adjacent to an activating group) is 1. The number of fused-ring (bicyclic) bond motifs is 1. The Balaban J connectivity index is 1.69. The van der Waals surface area contributed by atoms with Crippen LogP contribution in [-0.2, 0) is 12.8 Å². The molecule has 0 saturated carbocycles. The fourth-order valence-electron chi connectivity index (χ4n) is 4.62. The third-order valence-corrected chi connectivity index (χ3v) is 6.86. The molecule has 0 fully saturated rings. The van der Waals surface area contributed by atoms with E-state index >= 15 is 4.39 Å². The van der Waals surface area contributed by atoms with Crippen molar-refractivity contribution in [3.05, 3.63) is 102 Å². The summed E-state index contributed by atoms with van der Waals surface area (Å²) in [5.74, 6) is -5.26. The van der Waals surface area contributed by atoms with Gasteiger partial charge in [0.25, 0.3) is 0 Å². The fraction of sp³-hybridized carbons (Fsp3) is 0.212. The molecule has 0 radical (unpaired) electrons. The first-order valence-corrected chi connectivity index (χ1v) is 13.9. The Bertz CT molecular complexity index is 1850. The van der Waals surface area contributed by atoms with Crippen molar-refractivity contribution in [1.82, 2.24) is 14.9 Å². The molecule has 0 aliphatic rings. The Hall–Kier alpha value is -5.04. The van der Waals surface area contributed by atoms with E-state index in [1.54, 1.807) is 6.07 Å². The molecule has 0 atom stereocenters. The second kappa shape index (κ2) is 13.5. The van der Waals surface area contributed by atoms with Crippen molar-refractivity contribution in [1.29, 1.82) is 0 Å². The van der Waals surface area contributed by atoms with Crippen molar-refractivity contribution in [3.63, 3.8) is 0 Å². The number of nitrogens with zero attached hydrogens (tertiary/aromatic N) is 3. The standard InChI is InChI=1S/C33H28F6N4O3/c1-43(2)14-13-41-32-29-24(11-12-40-32)42-25(17-28(29)45-18-19-7-5-4-6-8-19)20-15-23(35)21(33(37,38)39)16-27(20)46-26-10-9-22(34)30(36)31(26)44-3/h4-12,15-17H,13-14,18H2,1-3H3,(H,40,41). The molecule has 0 bridgehead atoms. The lowest BCUT2D eigenvalue weighted by atomic mass is 10.0. The molecule has 1 N–H and O–H groups in total. The SMILES string of the molecule is COc1c(Oc2cc(C(F)(F)F)c(F)cc2-c2cc(OCc3ccccc3)c3c(NCCN(C)C)nccc3n2)ccc(F)c1F. The minimum atomic E-state index is -5.10. The van der Waals surface area contributed by atoms with E-state index in [2.05, 4.69) is 15.3 Å². The quantitative estimate of drug-likeness (QED) is 0.146. The number of methoxy groups -OCH3 is 1. The van der Waals surface area contributed by atoms with E-state index in [1.807, 2.05) is 49.3 Å². The van der Waals surface area contributed by atoms with E-state index in [0.29, 0.717) is 41.9 Å². The van der Waals surface area contributed by atoms with E-state index in [1.165, 1.54) is 12.3 Å². The Morgan fingerprint density at radius 1 is 0.870 bits per heavy atom. The first-order valence-electron chi connectivity index (χ1n) is 13.9. The number of pyridine rings is 2. The Morgan fingerprint density at radius 3 is 2.33 bits per heavy atom. The number of aromatic nitrogens is 2. The first-order chi connectivity index (χ1) is 22.0. The van der Waals surface area contributed by atoms with Gasteiger partial charge in [-0.25, -0.2) is 18.7 Å². The zero-order valence-corrected chi connectivity index (χ0v) is 24.9. The molecule has 13 heteroatoms. The zero-order chi connectivity index (χ0) is 33.0. The van der Waals surface area contributed by atoms with Crippen molar-refractivity contribution in [2.24, 2.45) is 0 Å². The average Bonchev–Trinajstić information content (AvgIpc) is 3.02. The van der Waals surface area contributed by atoms with Crippen molar-refractivity contribution in [2.45, 2.75) is 12.8 Å². The highest BCUT2D eigenvalue weighted by Crippen LogP contribution is 2.44.